The largest absolute Gasteiger partial charge is 0.445 e. The summed E-state index contributed by atoms with van der Waals surface area (Å²) in [5.41, 5.74) is 0.889. The fraction of sp³-hybridized carbons (Fsp3) is 0.385. The maximum absolute atomic E-state index is 11.6. The number of amides is 1. The van der Waals surface area contributed by atoms with Gasteiger partial charge in [-0.25, -0.2) is 4.79 Å². The Bertz CT molecular complexity index is 448. The van der Waals surface area contributed by atoms with E-state index in [1.807, 2.05) is 30.3 Å². The molecule has 102 valence electrons. The molecule has 1 aliphatic rings. The third-order valence-corrected chi connectivity index (χ3v) is 2.71. The molecule has 1 aliphatic heterocycles. The Labute approximate surface area is 110 Å². The second-order valence-electron chi connectivity index (χ2n) is 4.11. The van der Waals surface area contributed by atoms with Gasteiger partial charge in [-0.3, -0.25) is 4.79 Å². The van der Waals surface area contributed by atoms with Crippen LogP contribution in [-0.4, -0.2) is 31.5 Å². The van der Waals surface area contributed by atoms with Crippen LogP contribution < -0.4 is 5.32 Å². The average Bonchev–Trinajstić information content (AvgIpc) is 2.77. The standard InChI is InChI=1S/C13H15NO5/c1-17-12-10(7-11(15)19-12)14-13(16)18-8-9-5-3-2-4-6-9/h2-6,10,12H,7-8H2,1H3,(H,14,16)/t10-,12+/m0/s1. The van der Waals surface area contributed by atoms with Crippen molar-refractivity contribution in [1.82, 2.24) is 5.32 Å². The van der Waals surface area contributed by atoms with E-state index in [0.29, 0.717) is 0 Å². The second-order valence-corrected chi connectivity index (χ2v) is 4.11. The van der Waals surface area contributed by atoms with E-state index in [1.54, 1.807) is 0 Å². The van der Waals surface area contributed by atoms with Crippen molar-refractivity contribution >= 4 is 12.1 Å². The molecule has 0 bridgehead atoms. The summed E-state index contributed by atoms with van der Waals surface area (Å²) >= 11 is 0. The van der Waals surface area contributed by atoms with Crippen LogP contribution in [0.3, 0.4) is 0 Å². The number of cyclic esters (lactones) is 1. The summed E-state index contributed by atoms with van der Waals surface area (Å²) in [6.45, 7) is 0.172. The van der Waals surface area contributed by atoms with Gasteiger partial charge in [-0.1, -0.05) is 30.3 Å². The molecule has 1 saturated heterocycles. The number of carbonyl (C=O) groups is 2. The number of methoxy groups -OCH3 is 1. The van der Waals surface area contributed by atoms with Gasteiger partial charge >= 0.3 is 12.1 Å². The lowest BCUT2D eigenvalue weighted by Crippen LogP contribution is -2.41. The number of hydrogen-bond donors (Lipinski definition) is 1. The van der Waals surface area contributed by atoms with Gasteiger partial charge in [0.2, 0.25) is 6.29 Å². The van der Waals surface area contributed by atoms with E-state index in [1.165, 1.54) is 7.11 Å². The molecule has 1 heterocycles. The molecule has 0 aromatic heterocycles. The number of hydrogen-bond acceptors (Lipinski definition) is 5. The SMILES string of the molecule is CO[C@@H]1OC(=O)C[C@@H]1NC(=O)OCc1ccccc1. The summed E-state index contributed by atoms with van der Waals surface area (Å²) in [5.74, 6) is -0.403. The molecule has 2 atom stereocenters. The van der Waals surface area contributed by atoms with Gasteiger partial charge in [0.05, 0.1) is 6.42 Å². The molecule has 1 amide bonds. The molecule has 0 aliphatic carbocycles. The van der Waals surface area contributed by atoms with Crippen molar-refractivity contribution in [2.75, 3.05) is 7.11 Å². The number of carbonyl (C=O) groups excluding carboxylic acids is 2. The van der Waals surface area contributed by atoms with Gasteiger partial charge in [0.25, 0.3) is 0 Å². The van der Waals surface area contributed by atoms with Crippen molar-refractivity contribution in [3.05, 3.63) is 35.9 Å². The van der Waals surface area contributed by atoms with E-state index < -0.39 is 24.4 Å². The Balaban J connectivity index is 1.80. The zero-order chi connectivity index (χ0) is 13.7. The van der Waals surface area contributed by atoms with E-state index in [4.69, 9.17) is 14.2 Å². The smallest absolute Gasteiger partial charge is 0.407 e. The number of nitrogens with one attached hydrogen (secondary N) is 1. The van der Waals surface area contributed by atoms with Gasteiger partial charge in [0.1, 0.15) is 12.6 Å². The molecule has 2 rings (SSSR count). The van der Waals surface area contributed by atoms with E-state index >= 15 is 0 Å². The first-order valence-electron chi connectivity index (χ1n) is 5.88. The maximum Gasteiger partial charge on any atom is 0.407 e. The second kappa shape index (κ2) is 6.19. The van der Waals surface area contributed by atoms with Crippen LogP contribution in [-0.2, 0) is 25.6 Å². The monoisotopic (exact) mass is 265 g/mol. The van der Waals surface area contributed by atoms with Gasteiger partial charge in [0.15, 0.2) is 0 Å². The summed E-state index contributed by atoms with van der Waals surface area (Å²) in [6.07, 6.45) is -1.27. The number of benzene rings is 1. The first-order chi connectivity index (χ1) is 9.19. The zero-order valence-electron chi connectivity index (χ0n) is 10.5. The quantitative estimate of drug-likeness (QED) is 0.828. The summed E-state index contributed by atoms with van der Waals surface area (Å²) in [5, 5.41) is 2.55. The molecule has 0 spiro atoms. The van der Waals surface area contributed by atoms with E-state index in [-0.39, 0.29) is 13.0 Å². The minimum Gasteiger partial charge on any atom is -0.445 e. The first kappa shape index (κ1) is 13.4. The van der Waals surface area contributed by atoms with Crippen LogP contribution in [0.15, 0.2) is 30.3 Å². The zero-order valence-corrected chi connectivity index (χ0v) is 10.5. The van der Waals surface area contributed by atoms with Crippen molar-refractivity contribution in [3.63, 3.8) is 0 Å². The molecule has 1 N–H and O–H groups in total. The summed E-state index contributed by atoms with van der Waals surface area (Å²) in [4.78, 5) is 22.7. The molecule has 0 saturated carbocycles. The van der Waals surface area contributed by atoms with Crippen molar-refractivity contribution in [2.45, 2.75) is 25.4 Å². The molecular weight excluding hydrogens is 250 g/mol. The minimum absolute atomic E-state index is 0.0823. The van der Waals surface area contributed by atoms with Gasteiger partial charge in [0, 0.05) is 7.11 Å². The van der Waals surface area contributed by atoms with Crippen LogP contribution in [0.25, 0.3) is 0 Å². The fourth-order valence-corrected chi connectivity index (χ4v) is 1.78. The van der Waals surface area contributed by atoms with E-state index in [0.717, 1.165) is 5.56 Å². The number of rotatable bonds is 4. The Kier molecular flexibility index (Phi) is 4.35. The number of alkyl carbamates (subject to hydrolysis) is 1. The Hall–Kier alpha value is -2.08. The highest BCUT2D eigenvalue weighted by molar-refractivity contribution is 5.75. The van der Waals surface area contributed by atoms with Crippen molar-refractivity contribution < 1.29 is 23.8 Å². The van der Waals surface area contributed by atoms with Crippen LogP contribution in [0, 0.1) is 0 Å². The topological polar surface area (TPSA) is 73.9 Å². The Morgan fingerprint density at radius 1 is 1.42 bits per heavy atom. The summed E-state index contributed by atoms with van der Waals surface area (Å²) in [6, 6.07) is 8.80. The Morgan fingerprint density at radius 2 is 2.16 bits per heavy atom. The highest BCUT2D eigenvalue weighted by Crippen LogP contribution is 2.15. The first-order valence-corrected chi connectivity index (χ1v) is 5.88. The van der Waals surface area contributed by atoms with E-state index in [2.05, 4.69) is 5.32 Å². The molecule has 0 radical (unpaired) electrons. The predicted molar refractivity (Wildman–Crippen MR) is 65.1 cm³/mol. The lowest BCUT2D eigenvalue weighted by atomic mass is 10.2. The van der Waals surface area contributed by atoms with Gasteiger partial charge < -0.3 is 19.5 Å². The molecule has 19 heavy (non-hydrogen) atoms. The molecule has 1 aromatic rings. The normalized spacial score (nSPS) is 21.8. The van der Waals surface area contributed by atoms with Crippen LogP contribution in [0.1, 0.15) is 12.0 Å². The minimum atomic E-state index is -0.753. The van der Waals surface area contributed by atoms with Crippen molar-refractivity contribution in [2.24, 2.45) is 0 Å². The maximum atomic E-state index is 11.6. The molecule has 6 nitrogen and oxygen atoms in total. The van der Waals surface area contributed by atoms with Gasteiger partial charge in [-0.05, 0) is 5.56 Å². The van der Waals surface area contributed by atoms with Gasteiger partial charge in [-0.15, -0.1) is 0 Å². The average molecular weight is 265 g/mol. The van der Waals surface area contributed by atoms with Crippen LogP contribution in [0.4, 0.5) is 4.79 Å². The van der Waals surface area contributed by atoms with E-state index in [9.17, 15) is 9.59 Å². The molecule has 6 heteroatoms. The molecule has 1 aromatic carbocycles. The third-order valence-electron chi connectivity index (χ3n) is 2.71. The van der Waals surface area contributed by atoms with Crippen molar-refractivity contribution in [1.29, 1.82) is 0 Å². The Morgan fingerprint density at radius 3 is 2.84 bits per heavy atom. The molecule has 1 fully saturated rings. The van der Waals surface area contributed by atoms with Crippen LogP contribution in [0.2, 0.25) is 0 Å². The predicted octanol–water partition coefficient (Wildman–Crippen LogP) is 1.20. The summed E-state index contributed by atoms with van der Waals surface area (Å²) < 4.78 is 14.8. The third kappa shape index (κ3) is 3.69. The number of esters is 1. The highest BCUT2D eigenvalue weighted by atomic mass is 16.7. The lowest BCUT2D eigenvalue weighted by molar-refractivity contribution is -0.159. The molecule has 0 unspecified atom stereocenters. The van der Waals surface area contributed by atoms with Gasteiger partial charge in [-0.2, -0.15) is 0 Å². The van der Waals surface area contributed by atoms with Crippen LogP contribution in [0.5, 0.6) is 0 Å². The summed E-state index contributed by atoms with van der Waals surface area (Å²) in [7, 11) is 1.41. The van der Waals surface area contributed by atoms with Crippen molar-refractivity contribution in [3.8, 4) is 0 Å². The lowest BCUT2D eigenvalue weighted by Gasteiger charge is -2.16. The number of ether oxygens (including phenoxy) is 3. The van der Waals surface area contributed by atoms with Crippen LogP contribution >= 0.6 is 0 Å². The molecular formula is C13H15NO5. The highest BCUT2D eigenvalue weighted by Gasteiger charge is 2.36. The fourth-order valence-electron chi connectivity index (χ4n) is 1.78.